The maximum Gasteiger partial charge on any atom is 0.310 e. The van der Waals surface area contributed by atoms with E-state index in [-0.39, 0.29) is 18.1 Å². The van der Waals surface area contributed by atoms with E-state index in [0.29, 0.717) is 0 Å². The molecule has 2 aliphatic rings. The number of aliphatic carboxylic acids is 1. The Morgan fingerprint density at radius 1 is 1.25 bits per heavy atom. The third kappa shape index (κ3) is 3.03. The van der Waals surface area contributed by atoms with Gasteiger partial charge < -0.3 is 15.2 Å². The molecule has 0 spiro atoms. The molecule has 112 valence electrons. The molecule has 5 nitrogen and oxygen atoms in total. The van der Waals surface area contributed by atoms with Crippen molar-refractivity contribution < 1.29 is 19.4 Å². The predicted octanol–water partition coefficient (Wildman–Crippen LogP) is 1.73. The summed E-state index contributed by atoms with van der Waals surface area (Å²) in [5.41, 5.74) is 0. The van der Waals surface area contributed by atoms with Gasteiger partial charge >= 0.3 is 5.97 Å². The van der Waals surface area contributed by atoms with Crippen LogP contribution in [-0.2, 0) is 14.3 Å². The SMILES string of the molecule is CCCCCC(C)NC(=O)C1C2C=CC(O2)C1C(=O)O. The summed E-state index contributed by atoms with van der Waals surface area (Å²) in [6, 6.07) is 0.0756. The number of rotatable bonds is 7. The Labute approximate surface area is 119 Å². The minimum absolute atomic E-state index is 0.0756. The van der Waals surface area contributed by atoms with Gasteiger partial charge in [-0.3, -0.25) is 9.59 Å². The number of carbonyl (C=O) groups is 2. The van der Waals surface area contributed by atoms with Crippen molar-refractivity contribution in [1.82, 2.24) is 5.32 Å². The Morgan fingerprint density at radius 3 is 2.50 bits per heavy atom. The van der Waals surface area contributed by atoms with Gasteiger partial charge in [-0.05, 0) is 13.3 Å². The Morgan fingerprint density at radius 2 is 1.90 bits per heavy atom. The van der Waals surface area contributed by atoms with Crippen molar-refractivity contribution in [3.63, 3.8) is 0 Å². The molecule has 0 radical (unpaired) electrons. The van der Waals surface area contributed by atoms with Gasteiger partial charge in [-0.15, -0.1) is 0 Å². The van der Waals surface area contributed by atoms with Crippen LogP contribution in [0.25, 0.3) is 0 Å². The Balaban J connectivity index is 1.91. The number of carbonyl (C=O) groups excluding carboxylic acids is 1. The van der Waals surface area contributed by atoms with Crippen molar-refractivity contribution >= 4 is 11.9 Å². The number of hydrogen-bond acceptors (Lipinski definition) is 3. The Bertz CT molecular complexity index is 407. The summed E-state index contributed by atoms with van der Waals surface area (Å²) in [7, 11) is 0. The van der Waals surface area contributed by atoms with Crippen molar-refractivity contribution in [2.24, 2.45) is 11.8 Å². The summed E-state index contributed by atoms with van der Waals surface area (Å²) >= 11 is 0. The van der Waals surface area contributed by atoms with E-state index in [0.717, 1.165) is 25.7 Å². The lowest BCUT2D eigenvalue weighted by Crippen LogP contribution is -2.45. The molecule has 1 amide bonds. The van der Waals surface area contributed by atoms with Crippen LogP contribution in [0, 0.1) is 11.8 Å². The van der Waals surface area contributed by atoms with E-state index in [1.165, 1.54) is 0 Å². The summed E-state index contributed by atoms with van der Waals surface area (Å²) < 4.78 is 5.51. The maximum atomic E-state index is 12.3. The molecule has 5 atom stereocenters. The number of amides is 1. The first-order valence-corrected chi connectivity index (χ1v) is 7.41. The number of carboxylic acids is 1. The van der Waals surface area contributed by atoms with Gasteiger partial charge in [0.25, 0.3) is 0 Å². The van der Waals surface area contributed by atoms with E-state index >= 15 is 0 Å². The van der Waals surface area contributed by atoms with Crippen molar-refractivity contribution in [1.29, 1.82) is 0 Å². The normalized spacial score (nSPS) is 32.3. The lowest BCUT2D eigenvalue weighted by atomic mass is 9.82. The second-order valence-electron chi connectivity index (χ2n) is 5.75. The van der Waals surface area contributed by atoms with Gasteiger partial charge in [-0.25, -0.2) is 0 Å². The monoisotopic (exact) mass is 281 g/mol. The zero-order valence-corrected chi connectivity index (χ0v) is 12.0. The largest absolute Gasteiger partial charge is 0.481 e. The number of unbranched alkanes of at least 4 members (excludes halogenated alkanes) is 2. The first kappa shape index (κ1) is 15.0. The first-order valence-electron chi connectivity index (χ1n) is 7.41. The standard InChI is InChI=1S/C15H23NO4/c1-3-4-5-6-9(2)16-14(17)12-10-7-8-11(20-10)13(12)15(18)19/h7-13H,3-6H2,1-2H3,(H,16,17)(H,18,19). The van der Waals surface area contributed by atoms with Crippen LogP contribution >= 0.6 is 0 Å². The molecular formula is C15H23NO4. The molecule has 2 heterocycles. The summed E-state index contributed by atoms with van der Waals surface area (Å²) in [6.07, 6.45) is 7.01. The van der Waals surface area contributed by atoms with Gasteiger partial charge in [-0.1, -0.05) is 38.3 Å². The van der Waals surface area contributed by atoms with Gasteiger partial charge in [0.1, 0.15) is 5.92 Å². The highest BCUT2D eigenvalue weighted by molar-refractivity contribution is 5.87. The van der Waals surface area contributed by atoms with Gasteiger partial charge in [0.05, 0.1) is 18.1 Å². The lowest BCUT2D eigenvalue weighted by molar-refractivity contribution is -0.146. The third-order valence-corrected chi connectivity index (χ3v) is 4.12. The first-order chi connectivity index (χ1) is 9.54. The fraction of sp³-hybridized carbons (Fsp3) is 0.733. The van der Waals surface area contributed by atoms with Crippen molar-refractivity contribution in [3.05, 3.63) is 12.2 Å². The smallest absolute Gasteiger partial charge is 0.310 e. The minimum atomic E-state index is -0.958. The molecule has 0 aliphatic carbocycles. The van der Waals surface area contributed by atoms with Gasteiger partial charge in [0.2, 0.25) is 5.91 Å². The molecule has 2 aliphatic heterocycles. The molecule has 2 N–H and O–H groups in total. The van der Waals surface area contributed by atoms with E-state index < -0.39 is 23.9 Å². The second-order valence-corrected chi connectivity index (χ2v) is 5.75. The van der Waals surface area contributed by atoms with Crippen LogP contribution in [0.3, 0.4) is 0 Å². The zero-order valence-electron chi connectivity index (χ0n) is 12.0. The van der Waals surface area contributed by atoms with Crippen molar-refractivity contribution in [2.45, 2.75) is 57.8 Å². The van der Waals surface area contributed by atoms with E-state index in [9.17, 15) is 14.7 Å². The van der Waals surface area contributed by atoms with Gasteiger partial charge in [0, 0.05) is 6.04 Å². The fourth-order valence-corrected chi connectivity index (χ4v) is 3.03. The van der Waals surface area contributed by atoms with Crippen molar-refractivity contribution in [2.75, 3.05) is 0 Å². The van der Waals surface area contributed by atoms with Crippen LogP contribution in [0.1, 0.15) is 39.5 Å². The number of carboxylic acid groups (broad SMARTS) is 1. The minimum Gasteiger partial charge on any atom is -0.481 e. The van der Waals surface area contributed by atoms with Gasteiger partial charge in [0.15, 0.2) is 0 Å². The van der Waals surface area contributed by atoms with Crippen LogP contribution in [0.15, 0.2) is 12.2 Å². The number of fused-ring (bicyclic) bond motifs is 2. The van der Waals surface area contributed by atoms with Crippen molar-refractivity contribution in [3.8, 4) is 0 Å². The highest BCUT2D eigenvalue weighted by Crippen LogP contribution is 2.39. The molecule has 0 aromatic rings. The molecule has 0 aromatic carbocycles. The van der Waals surface area contributed by atoms with E-state index in [1.807, 2.05) is 6.92 Å². The molecule has 5 heteroatoms. The summed E-state index contributed by atoms with van der Waals surface area (Å²) in [4.78, 5) is 23.6. The third-order valence-electron chi connectivity index (χ3n) is 4.12. The molecule has 1 saturated heterocycles. The summed E-state index contributed by atoms with van der Waals surface area (Å²) in [5.74, 6) is -2.51. The molecule has 0 aromatic heterocycles. The maximum absolute atomic E-state index is 12.3. The summed E-state index contributed by atoms with van der Waals surface area (Å²) in [6.45, 7) is 4.10. The van der Waals surface area contributed by atoms with E-state index in [1.54, 1.807) is 12.2 Å². The average molecular weight is 281 g/mol. The fourth-order valence-electron chi connectivity index (χ4n) is 3.03. The van der Waals surface area contributed by atoms with Crippen LogP contribution < -0.4 is 5.32 Å². The topological polar surface area (TPSA) is 75.6 Å². The number of nitrogens with one attached hydrogen (secondary N) is 1. The van der Waals surface area contributed by atoms with E-state index in [2.05, 4.69) is 12.2 Å². The molecule has 1 fully saturated rings. The molecule has 2 rings (SSSR count). The zero-order chi connectivity index (χ0) is 14.7. The van der Waals surface area contributed by atoms with E-state index in [4.69, 9.17) is 4.74 Å². The lowest BCUT2D eigenvalue weighted by Gasteiger charge is -2.23. The number of hydrogen-bond donors (Lipinski definition) is 2. The van der Waals surface area contributed by atoms with Crippen LogP contribution in [0.5, 0.6) is 0 Å². The highest BCUT2D eigenvalue weighted by atomic mass is 16.5. The quantitative estimate of drug-likeness (QED) is 0.550. The molecule has 5 unspecified atom stereocenters. The Kier molecular flexibility index (Phi) is 4.81. The molecular weight excluding hydrogens is 258 g/mol. The molecule has 20 heavy (non-hydrogen) atoms. The number of ether oxygens (including phenoxy) is 1. The van der Waals surface area contributed by atoms with Gasteiger partial charge in [-0.2, -0.15) is 0 Å². The highest BCUT2D eigenvalue weighted by Gasteiger charge is 2.53. The van der Waals surface area contributed by atoms with Crippen LogP contribution in [0.2, 0.25) is 0 Å². The molecule has 2 bridgehead atoms. The average Bonchev–Trinajstić information content (AvgIpc) is 2.98. The Hall–Kier alpha value is -1.36. The molecule has 0 saturated carbocycles. The predicted molar refractivity (Wildman–Crippen MR) is 74.2 cm³/mol. The van der Waals surface area contributed by atoms with Crippen LogP contribution in [-0.4, -0.2) is 35.2 Å². The van der Waals surface area contributed by atoms with Crippen LogP contribution in [0.4, 0.5) is 0 Å². The summed E-state index contributed by atoms with van der Waals surface area (Å²) in [5, 5.41) is 12.2. The second kappa shape index (κ2) is 6.39.